The highest BCUT2D eigenvalue weighted by Gasteiger charge is 2.28. The van der Waals surface area contributed by atoms with Crippen molar-refractivity contribution in [3.8, 4) is 0 Å². The number of nitrogens with zero attached hydrogens (tertiary/aromatic N) is 1. The van der Waals surface area contributed by atoms with Gasteiger partial charge in [0, 0.05) is 23.1 Å². The Morgan fingerprint density at radius 1 is 0.838 bits per heavy atom. The van der Waals surface area contributed by atoms with E-state index in [1.54, 1.807) is 37.3 Å². The second-order valence-corrected chi connectivity index (χ2v) is 9.03. The maximum Gasteiger partial charge on any atom is 0.305 e. The summed E-state index contributed by atoms with van der Waals surface area (Å²) in [7, 11) is 0. The normalized spacial score (nSPS) is 13.7. The van der Waals surface area contributed by atoms with Crippen LogP contribution in [0.1, 0.15) is 61.0 Å². The Kier molecular flexibility index (Phi) is 6.74. The van der Waals surface area contributed by atoms with Crippen molar-refractivity contribution in [1.82, 2.24) is 16.3 Å². The standard InChI is InChI=1S/C28H23ClN4O4/c1-16-24-22(30-31-26(34)19-12-6-9-17-8-2-3-10-18(17)19)14-7-15-23(24)37-25(16)28(36)33-32-27(35)20-11-4-5-13-21(20)29/h2-6,8-13H,7,14-15H2,1H3,(H,31,34)(H,32,35)(H,33,36)/b30-22+. The number of rotatable bonds is 4. The average Bonchev–Trinajstić information content (AvgIpc) is 3.27. The Morgan fingerprint density at radius 3 is 2.38 bits per heavy atom. The zero-order valence-corrected chi connectivity index (χ0v) is 20.7. The van der Waals surface area contributed by atoms with Gasteiger partial charge < -0.3 is 4.42 Å². The Bertz CT molecular complexity index is 1570. The van der Waals surface area contributed by atoms with Gasteiger partial charge in [0.25, 0.3) is 11.8 Å². The van der Waals surface area contributed by atoms with Crippen molar-refractivity contribution in [3.05, 3.63) is 106 Å². The van der Waals surface area contributed by atoms with Crippen LogP contribution in [0, 0.1) is 6.92 Å². The van der Waals surface area contributed by atoms with Crippen LogP contribution < -0.4 is 16.3 Å². The number of fused-ring (bicyclic) bond motifs is 2. The molecule has 9 heteroatoms. The van der Waals surface area contributed by atoms with Crippen LogP contribution in [0.3, 0.4) is 0 Å². The molecule has 1 aliphatic rings. The van der Waals surface area contributed by atoms with Crippen molar-refractivity contribution >= 4 is 45.8 Å². The number of carbonyl (C=O) groups excluding carboxylic acids is 3. The molecule has 3 amide bonds. The third-order valence-electron chi connectivity index (χ3n) is 6.27. The van der Waals surface area contributed by atoms with Crippen molar-refractivity contribution in [2.45, 2.75) is 26.2 Å². The molecule has 5 rings (SSSR count). The molecule has 0 atom stereocenters. The number of amides is 3. The largest absolute Gasteiger partial charge is 0.455 e. The van der Waals surface area contributed by atoms with Crippen LogP contribution in [-0.2, 0) is 6.42 Å². The van der Waals surface area contributed by atoms with E-state index in [1.165, 1.54) is 0 Å². The summed E-state index contributed by atoms with van der Waals surface area (Å²) in [6.45, 7) is 1.75. The Morgan fingerprint density at radius 2 is 1.54 bits per heavy atom. The SMILES string of the molecule is Cc1c(C(=O)NNC(=O)c2ccccc2Cl)oc2c1/C(=N/NC(=O)c1cccc3ccccc13)CCC2. The van der Waals surface area contributed by atoms with Gasteiger partial charge in [-0.2, -0.15) is 5.10 Å². The zero-order valence-electron chi connectivity index (χ0n) is 19.9. The molecule has 0 unspecified atom stereocenters. The van der Waals surface area contributed by atoms with Gasteiger partial charge >= 0.3 is 5.91 Å². The maximum atomic E-state index is 12.9. The summed E-state index contributed by atoms with van der Waals surface area (Å²) < 4.78 is 5.86. The molecule has 3 aromatic carbocycles. The van der Waals surface area contributed by atoms with E-state index >= 15 is 0 Å². The molecule has 186 valence electrons. The van der Waals surface area contributed by atoms with E-state index in [1.807, 2.05) is 36.4 Å². The molecule has 0 fully saturated rings. The van der Waals surface area contributed by atoms with Crippen molar-refractivity contribution in [3.63, 3.8) is 0 Å². The lowest BCUT2D eigenvalue weighted by Crippen LogP contribution is -2.41. The van der Waals surface area contributed by atoms with Crippen LogP contribution in [0.4, 0.5) is 0 Å². The van der Waals surface area contributed by atoms with E-state index in [0.717, 1.165) is 17.2 Å². The molecule has 1 aromatic heterocycles. The summed E-state index contributed by atoms with van der Waals surface area (Å²) >= 11 is 6.05. The second kappa shape index (κ2) is 10.3. The van der Waals surface area contributed by atoms with Gasteiger partial charge in [-0.15, -0.1) is 0 Å². The Hall–Kier alpha value is -4.43. The first-order chi connectivity index (χ1) is 17.9. The van der Waals surface area contributed by atoms with Crippen molar-refractivity contribution in [2.75, 3.05) is 0 Å². The number of hydrogen-bond donors (Lipinski definition) is 3. The van der Waals surface area contributed by atoms with E-state index in [0.29, 0.717) is 41.0 Å². The molecular formula is C28H23ClN4O4. The summed E-state index contributed by atoms with van der Waals surface area (Å²) in [6.07, 6.45) is 2.01. The molecule has 1 aliphatic carbocycles. The summed E-state index contributed by atoms with van der Waals surface area (Å²) in [6, 6.07) is 19.7. The van der Waals surface area contributed by atoms with Gasteiger partial charge in [0.15, 0.2) is 5.76 Å². The molecule has 3 N–H and O–H groups in total. The predicted molar refractivity (Wildman–Crippen MR) is 141 cm³/mol. The maximum absolute atomic E-state index is 12.9. The van der Waals surface area contributed by atoms with E-state index in [2.05, 4.69) is 21.4 Å². The van der Waals surface area contributed by atoms with E-state index in [-0.39, 0.29) is 22.3 Å². The molecule has 1 heterocycles. The minimum absolute atomic E-state index is 0.0689. The molecule has 8 nitrogen and oxygen atoms in total. The van der Waals surface area contributed by atoms with Gasteiger partial charge in [0.2, 0.25) is 0 Å². The molecule has 0 bridgehead atoms. The number of carbonyl (C=O) groups is 3. The summed E-state index contributed by atoms with van der Waals surface area (Å²) in [5.74, 6) is -0.792. The first kappa shape index (κ1) is 24.3. The van der Waals surface area contributed by atoms with Crippen LogP contribution in [-0.4, -0.2) is 23.4 Å². The van der Waals surface area contributed by atoms with Crippen LogP contribution in [0.15, 0.2) is 76.2 Å². The fourth-order valence-corrected chi connectivity index (χ4v) is 4.70. The van der Waals surface area contributed by atoms with Crippen LogP contribution >= 0.6 is 11.6 Å². The monoisotopic (exact) mass is 514 g/mol. The highest BCUT2D eigenvalue weighted by atomic mass is 35.5. The summed E-state index contributed by atoms with van der Waals surface area (Å²) in [4.78, 5) is 38.2. The number of hydrazine groups is 1. The lowest BCUT2D eigenvalue weighted by molar-refractivity contribution is 0.0829. The zero-order chi connectivity index (χ0) is 25.9. The topological polar surface area (TPSA) is 113 Å². The van der Waals surface area contributed by atoms with Gasteiger partial charge in [0.05, 0.1) is 16.3 Å². The number of halogens is 1. The fraction of sp³-hybridized carbons (Fsp3) is 0.143. The second-order valence-electron chi connectivity index (χ2n) is 8.62. The van der Waals surface area contributed by atoms with Crippen molar-refractivity contribution in [1.29, 1.82) is 0 Å². The van der Waals surface area contributed by atoms with Crippen LogP contribution in [0.5, 0.6) is 0 Å². The molecule has 0 radical (unpaired) electrons. The highest BCUT2D eigenvalue weighted by Crippen LogP contribution is 2.30. The number of benzene rings is 3. The minimum atomic E-state index is -0.605. The predicted octanol–water partition coefficient (Wildman–Crippen LogP) is 4.94. The van der Waals surface area contributed by atoms with Gasteiger partial charge in [-0.3, -0.25) is 25.2 Å². The van der Waals surface area contributed by atoms with Crippen molar-refractivity contribution < 1.29 is 18.8 Å². The minimum Gasteiger partial charge on any atom is -0.455 e. The average molecular weight is 515 g/mol. The van der Waals surface area contributed by atoms with Gasteiger partial charge in [0.1, 0.15) is 5.76 Å². The molecule has 0 aliphatic heterocycles. The van der Waals surface area contributed by atoms with Crippen LogP contribution in [0.25, 0.3) is 10.8 Å². The Balaban J connectivity index is 1.33. The lowest BCUT2D eigenvalue weighted by Gasteiger charge is -2.13. The van der Waals surface area contributed by atoms with Gasteiger partial charge in [-0.25, -0.2) is 5.43 Å². The first-order valence-corrected chi connectivity index (χ1v) is 12.1. The molecule has 0 saturated carbocycles. The van der Waals surface area contributed by atoms with E-state index < -0.39 is 11.8 Å². The molecule has 0 spiro atoms. The molecule has 0 saturated heterocycles. The summed E-state index contributed by atoms with van der Waals surface area (Å²) in [5, 5.41) is 6.48. The Labute approximate surface area is 217 Å². The fourth-order valence-electron chi connectivity index (χ4n) is 4.48. The highest BCUT2D eigenvalue weighted by molar-refractivity contribution is 6.33. The van der Waals surface area contributed by atoms with Crippen molar-refractivity contribution in [2.24, 2.45) is 5.10 Å². The molecule has 4 aromatic rings. The molecule has 37 heavy (non-hydrogen) atoms. The quantitative estimate of drug-likeness (QED) is 0.335. The van der Waals surface area contributed by atoms with Crippen LogP contribution in [0.2, 0.25) is 5.02 Å². The third kappa shape index (κ3) is 4.83. The number of hydrazone groups is 1. The lowest BCUT2D eigenvalue weighted by atomic mass is 9.93. The first-order valence-electron chi connectivity index (χ1n) is 11.8. The third-order valence-corrected chi connectivity index (χ3v) is 6.60. The van der Waals surface area contributed by atoms with Gasteiger partial charge in [-0.1, -0.05) is 60.1 Å². The summed E-state index contributed by atoms with van der Waals surface area (Å²) in [5.41, 5.74) is 10.1. The van der Waals surface area contributed by atoms with Gasteiger partial charge in [-0.05, 0) is 48.7 Å². The number of hydrogen-bond acceptors (Lipinski definition) is 5. The number of nitrogens with one attached hydrogen (secondary N) is 3. The number of aryl methyl sites for hydroxylation is 1. The number of furan rings is 1. The van der Waals surface area contributed by atoms with E-state index in [4.69, 9.17) is 16.0 Å². The van der Waals surface area contributed by atoms with E-state index in [9.17, 15) is 14.4 Å². The smallest absolute Gasteiger partial charge is 0.305 e. The molecular weight excluding hydrogens is 492 g/mol.